The number of aliphatic hydroxyl groups excluding tert-OH is 1. The molecule has 8 atom stereocenters. The van der Waals surface area contributed by atoms with Crippen molar-refractivity contribution in [2.45, 2.75) is 491 Å². The highest BCUT2D eigenvalue weighted by Crippen LogP contribution is 2.45. The zero-order valence-corrected chi connectivity index (χ0v) is 74.0. The summed E-state index contributed by atoms with van der Waals surface area (Å²) >= 11 is 0. The third-order valence-corrected chi connectivity index (χ3v) is 24.1. The molecule has 0 spiro atoms. The highest BCUT2D eigenvalue weighted by molar-refractivity contribution is 7.47. The van der Waals surface area contributed by atoms with E-state index in [1.165, 1.54) is 270 Å². The molecule has 0 saturated heterocycles. The van der Waals surface area contributed by atoms with Gasteiger partial charge >= 0.3 is 39.5 Å². The Morgan fingerprint density at radius 1 is 0.257 bits per heavy atom. The minimum Gasteiger partial charge on any atom is -0.462 e. The van der Waals surface area contributed by atoms with Gasteiger partial charge in [0.15, 0.2) is 12.2 Å². The van der Waals surface area contributed by atoms with Crippen molar-refractivity contribution in [3.63, 3.8) is 0 Å². The molecular weight excluding hydrogens is 1410 g/mol. The smallest absolute Gasteiger partial charge is 0.462 e. The summed E-state index contributed by atoms with van der Waals surface area (Å²) < 4.78 is 69.0. The molecular formula is C90H176O17P2. The van der Waals surface area contributed by atoms with Crippen molar-refractivity contribution in [3.05, 3.63) is 0 Å². The predicted octanol–water partition coefficient (Wildman–Crippen LogP) is 27.5. The molecule has 0 aliphatic heterocycles. The van der Waals surface area contributed by atoms with E-state index < -0.39 is 97.5 Å². The summed E-state index contributed by atoms with van der Waals surface area (Å²) in [6.07, 6.45) is 69.5. The fraction of sp³-hybridized carbons (Fsp3) is 0.956. The number of aliphatic hydroxyl groups is 1. The summed E-state index contributed by atoms with van der Waals surface area (Å²) in [7, 11) is -9.93. The van der Waals surface area contributed by atoms with Crippen LogP contribution in [0.1, 0.15) is 473 Å². The summed E-state index contributed by atoms with van der Waals surface area (Å²) in [6.45, 7) is 14.4. The van der Waals surface area contributed by atoms with Crippen LogP contribution in [-0.2, 0) is 65.4 Å². The van der Waals surface area contributed by atoms with Crippen molar-refractivity contribution in [3.8, 4) is 0 Å². The van der Waals surface area contributed by atoms with E-state index >= 15 is 0 Å². The van der Waals surface area contributed by atoms with E-state index in [4.69, 9.17) is 37.0 Å². The third kappa shape index (κ3) is 79.7. The standard InChI is InChI=1S/C90H176O17P2/c1-9-81(6)67-59-51-43-37-31-24-20-16-12-14-18-22-26-33-39-45-54-62-70-87(92)100-76-85(106-89(94)72-64-56-46-40-34-27-23-19-15-13-17-21-25-32-38-44-52-60-68-82(7)10-2)78-104-108(96,97)102-74-84(91)75-103-109(98,99)105-79-86(77-101-88(93)71-63-55-49-48-53-61-69-83(8)11-3)107-90(95)73-65-57-47-41-35-29-28-30-36-42-50-58-66-80(4)5/h80-86,91H,9-79H2,1-8H3,(H,96,97)(H,98,99)/t81?,82?,83?,84-,85-,86-/m1/s1. The Hall–Kier alpha value is -1.94. The molecule has 109 heavy (non-hydrogen) atoms. The maximum absolute atomic E-state index is 13.2. The topological polar surface area (TPSA) is 237 Å². The van der Waals surface area contributed by atoms with Gasteiger partial charge in [0, 0.05) is 25.7 Å². The first-order valence-corrected chi connectivity index (χ1v) is 49.3. The first kappa shape index (κ1) is 107. The maximum atomic E-state index is 13.2. The average Bonchev–Trinajstić information content (AvgIpc) is 0.900. The number of ether oxygens (including phenoxy) is 4. The molecule has 17 nitrogen and oxygen atoms in total. The minimum atomic E-state index is -4.97. The van der Waals surface area contributed by atoms with E-state index in [9.17, 15) is 43.2 Å². The molecule has 0 saturated carbocycles. The number of carbonyl (C=O) groups excluding carboxylic acids is 4. The second-order valence-corrected chi connectivity index (χ2v) is 36.5. The molecule has 5 unspecified atom stereocenters. The molecule has 0 amide bonds. The highest BCUT2D eigenvalue weighted by Gasteiger charge is 2.31. The van der Waals surface area contributed by atoms with Crippen LogP contribution in [0.3, 0.4) is 0 Å². The van der Waals surface area contributed by atoms with E-state index in [1.807, 2.05) is 0 Å². The van der Waals surface area contributed by atoms with Crippen molar-refractivity contribution in [2.24, 2.45) is 23.7 Å². The van der Waals surface area contributed by atoms with E-state index in [1.54, 1.807) is 0 Å². The molecule has 648 valence electrons. The second kappa shape index (κ2) is 78.6. The Balaban J connectivity index is 5.22. The number of phosphoric acid groups is 2. The van der Waals surface area contributed by atoms with E-state index in [-0.39, 0.29) is 25.7 Å². The van der Waals surface area contributed by atoms with Gasteiger partial charge in [-0.1, -0.05) is 421 Å². The molecule has 0 aliphatic carbocycles. The summed E-state index contributed by atoms with van der Waals surface area (Å²) in [6, 6.07) is 0. The molecule has 0 bridgehead atoms. The normalized spacial score (nSPS) is 14.6. The lowest BCUT2D eigenvalue weighted by Crippen LogP contribution is -2.30. The van der Waals surface area contributed by atoms with Gasteiger partial charge in [-0.05, 0) is 49.4 Å². The van der Waals surface area contributed by atoms with Crippen molar-refractivity contribution in [1.29, 1.82) is 0 Å². The fourth-order valence-electron chi connectivity index (χ4n) is 13.9. The monoisotopic (exact) mass is 1590 g/mol. The fourth-order valence-corrected chi connectivity index (χ4v) is 15.5. The van der Waals surface area contributed by atoms with Crippen LogP contribution in [0, 0.1) is 23.7 Å². The van der Waals surface area contributed by atoms with Crippen LogP contribution in [0.15, 0.2) is 0 Å². The van der Waals surface area contributed by atoms with Crippen molar-refractivity contribution in [2.75, 3.05) is 39.6 Å². The molecule has 0 fully saturated rings. The van der Waals surface area contributed by atoms with Gasteiger partial charge in [-0.15, -0.1) is 0 Å². The van der Waals surface area contributed by atoms with Gasteiger partial charge in [0.1, 0.15) is 19.3 Å². The number of phosphoric ester groups is 2. The molecule has 0 aliphatic rings. The summed E-state index contributed by atoms with van der Waals surface area (Å²) in [5, 5.41) is 10.7. The van der Waals surface area contributed by atoms with E-state index in [0.29, 0.717) is 25.7 Å². The zero-order valence-electron chi connectivity index (χ0n) is 72.2. The Kier molecular flexibility index (Phi) is 77.2. The Morgan fingerprint density at radius 2 is 0.440 bits per heavy atom. The molecule has 0 rings (SSSR count). The number of unbranched alkanes of at least 4 members (excludes halogenated alkanes) is 50. The van der Waals surface area contributed by atoms with Crippen LogP contribution in [0.2, 0.25) is 0 Å². The van der Waals surface area contributed by atoms with Gasteiger partial charge in [0.25, 0.3) is 0 Å². The van der Waals surface area contributed by atoms with Crippen LogP contribution in [0.5, 0.6) is 0 Å². The van der Waals surface area contributed by atoms with Gasteiger partial charge in [-0.25, -0.2) is 9.13 Å². The number of hydrogen-bond donors (Lipinski definition) is 3. The van der Waals surface area contributed by atoms with Gasteiger partial charge < -0.3 is 33.8 Å². The van der Waals surface area contributed by atoms with Crippen LogP contribution < -0.4 is 0 Å². The lowest BCUT2D eigenvalue weighted by molar-refractivity contribution is -0.161. The molecule has 3 N–H and O–H groups in total. The van der Waals surface area contributed by atoms with Crippen molar-refractivity contribution in [1.82, 2.24) is 0 Å². The van der Waals surface area contributed by atoms with E-state index in [2.05, 4.69) is 55.4 Å². The Bertz CT molecular complexity index is 2120. The number of rotatable bonds is 87. The SMILES string of the molecule is CCC(C)CCCCCCCCCCCCCCCCCCCCC(=O)OC[C@H](COP(=O)(O)OC[C@@H](O)COP(=O)(O)OC[C@@H](COC(=O)CCCCCCCCC(C)CC)OC(=O)CCCCCCCCCCCCCCC(C)C)OC(=O)CCCCCCCCCCCCCCCCCCCCC(C)CC. The van der Waals surface area contributed by atoms with Crippen LogP contribution in [-0.4, -0.2) is 96.7 Å². The van der Waals surface area contributed by atoms with Gasteiger partial charge in [0.05, 0.1) is 26.4 Å². The number of hydrogen-bond acceptors (Lipinski definition) is 15. The lowest BCUT2D eigenvalue weighted by Gasteiger charge is -2.21. The first-order valence-electron chi connectivity index (χ1n) is 46.3. The molecule has 0 heterocycles. The van der Waals surface area contributed by atoms with Crippen LogP contribution >= 0.6 is 15.6 Å². The molecule has 19 heteroatoms. The van der Waals surface area contributed by atoms with E-state index in [0.717, 1.165) is 120 Å². The quantitative estimate of drug-likeness (QED) is 0.0222. The maximum Gasteiger partial charge on any atom is 0.472 e. The Morgan fingerprint density at radius 3 is 0.651 bits per heavy atom. The molecule has 0 aromatic heterocycles. The molecule has 0 radical (unpaired) electrons. The number of carbonyl (C=O) groups is 4. The van der Waals surface area contributed by atoms with Gasteiger partial charge in [-0.2, -0.15) is 0 Å². The second-order valence-electron chi connectivity index (χ2n) is 33.5. The third-order valence-electron chi connectivity index (χ3n) is 22.2. The minimum absolute atomic E-state index is 0.106. The summed E-state index contributed by atoms with van der Waals surface area (Å²) in [5.41, 5.74) is 0. The van der Waals surface area contributed by atoms with Crippen molar-refractivity contribution < 1.29 is 80.2 Å². The average molecular weight is 1590 g/mol. The molecule has 0 aromatic rings. The Labute approximate surface area is 670 Å². The summed E-state index contributed by atoms with van der Waals surface area (Å²) in [5.74, 6) is 1.15. The lowest BCUT2D eigenvalue weighted by atomic mass is 9.99. The largest absolute Gasteiger partial charge is 0.472 e. The van der Waals surface area contributed by atoms with Crippen LogP contribution in [0.25, 0.3) is 0 Å². The summed E-state index contributed by atoms with van der Waals surface area (Å²) in [4.78, 5) is 73.3. The molecule has 0 aromatic carbocycles. The van der Waals surface area contributed by atoms with Gasteiger partial charge in [0.2, 0.25) is 0 Å². The van der Waals surface area contributed by atoms with Gasteiger partial charge in [-0.3, -0.25) is 37.3 Å². The first-order chi connectivity index (χ1) is 52.7. The van der Waals surface area contributed by atoms with Crippen LogP contribution in [0.4, 0.5) is 0 Å². The van der Waals surface area contributed by atoms with Crippen molar-refractivity contribution >= 4 is 39.5 Å². The number of esters is 4. The zero-order chi connectivity index (χ0) is 80.2. The predicted molar refractivity (Wildman–Crippen MR) is 451 cm³/mol. The highest BCUT2D eigenvalue weighted by atomic mass is 31.2.